The average Bonchev–Trinajstić information content (AvgIpc) is 3.53. The van der Waals surface area contributed by atoms with Crippen LogP contribution >= 0.6 is 0 Å². The predicted octanol–water partition coefficient (Wildman–Crippen LogP) is 6.25. The predicted molar refractivity (Wildman–Crippen MR) is 135 cm³/mol. The molecule has 0 spiro atoms. The van der Waals surface area contributed by atoms with Gasteiger partial charge in [-0.15, -0.1) is 0 Å². The van der Waals surface area contributed by atoms with Gasteiger partial charge in [0.25, 0.3) is 0 Å². The average molecular weight is 434 g/mol. The monoisotopic (exact) mass is 433 g/mol. The molecule has 0 amide bonds. The number of aromatic nitrogens is 2. The Balaban J connectivity index is 1.43. The molecule has 2 aromatic heterocycles. The summed E-state index contributed by atoms with van der Waals surface area (Å²) in [6, 6.07) is 17.1. The Labute approximate surface area is 194 Å². The standard InChI is InChI=1S/C28H27N5/c1-20-25-11-12-31-27(25)10-9-26(20)32-28-23(17-30-18-24(28)16-29)8-7-21-5-4-6-22(15-21)19-33-13-2-3-14-33/h4-12,15,17-18,31H,2-3,13-14,19H2,1H3,(H,30,32). The quantitative estimate of drug-likeness (QED) is 0.377. The molecular formula is C28H27N5. The second-order valence-corrected chi connectivity index (χ2v) is 8.63. The largest absolute Gasteiger partial charge is 0.361 e. The fourth-order valence-corrected chi connectivity index (χ4v) is 4.56. The zero-order valence-electron chi connectivity index (χ0n) is 18.8. The number of nitriles is 1. The summed E-state index contributed by atoms with van der Waals surface area (Å²) in [7, 11) is 0. The molecule has 164 valence electrons. The highest BCUT2D eigenvalue weighted by Gasteiger charge is 2.13. The maximum Gasteiger partial charge on any atom is 0.103 e. The Hall–Kier alpha value is -3.88. The molecule has 0 saturated carbocycles. The molecule has 0 atom stereocenters. The van der Waals surface area contributed by atoms with E-state index >= 15 is 0 Å². The van der Waals surface area contributed by atoms with Crippen molar-refractivity contribution in [3.63, 3.8) is 0 Å². The van der Waals surface area contributed by atoms with Crippen molar-refractivity contribution in [1.29, 1.82) is 5.26 Å². The fourth-order valence-electron chi connectivity index (χ4n) is 4.56. The van der Waals surface area contributed by atoms with Crippen LogP contribution in [0.3, 0.4) is 0 Å². The zero-order chi connectivity index (χ0) is 22.6. The Morgan fingerprint density at radius 3 is 2.85 bits per heavy atom. The molecule has 1 fully saturated rings. The third-order valence-electron chi connectivity index (χ3n) is 6.37. The number of anilines is 2. The molecular weight excluding hydrogens is 406 g/mol. The number of nitrogens with one attached hydrogen (secondary N) is 2. The molecule has 33 heavy (non-hydrogen) atoms. The van der Waals surface area contributed by atoms with Crippen LogP contribution < -0.4 is 5.32 Å². The van der Waals surface area contributed by atoms with Gasteiger partial charge in [-0.05, 0) is 67.7 Å². The number of rotatable bonds is 6. The van der Waals surface area contributed by atoms with Crippen molar-refractivity contribution in [2.45, 2.75) is 26.3 Å². The van der Waals surface area contributed by atoms with Crippen LogP contribution in [-0.4, -0.2) is 28.0 Å². The lowest BCUT2D eigenvalue weighted by Crippen LogP contribution is -2.18. The zero-order valence-corrected chi connectivity index (χ0v) is 18.8. The number of nitrogens with zero attached hydrogens (tertiary/aromatic N) is 3. The van der Waals surface area contributed by atoms with E-state index in [0.29, 0.717) is 5.56 Å². The summed E-state index contributed by atoms with van der Waals surface area (Å²) >= 11 is 0. The second kappa shape index (κ2) is 9.32. The van der Waals surface area contributed by atoms with Crippen molar-refractivity contribution >= 4 is 34.4 Å². The minimum atomic E-state index is 0.522. The lowest BCUT2D eigenvalue weighted by atomic mass is 10.1. The number of benzene rings is 2. The van der Waals surface area contributed by atoms with E-state index in [9.17, 15) is 5.26 Å². The summed E-state index contributed by atoms with van der Waals surface area (Å²) < 4.78 is 0. The van der Waals surface area contributed by atoms with Gasteiger partial charge >= 0.3 is 0 Å². The highest BCUT2D eigenvalue weighted by Crippen LogP contribution is 2.31. The van der Waals surface area contributed by atoms with E-state index < -0.39 is 0 Å². The minimum Gasteiger partial charge on any atom is -0.361 e. The fraction of sp³-hybridized carbons (Fsp3) is 0.214. The van der Waals surface area contributed by atoms with Gasteiger partial charge in [0.15, 0.2) is 0 Å². The molecule has 5 nitrogen and oxygen atoms in total. The van der Waals surface area contributed by atoms with E-state index in [1.54, 1.807) is 12.4 Å². The van der Waals surface area contributed by atoms with E-state index in [1.165, 1.54) is 36.9 Å². The van der Waals surface area contributed by atoms with Gasteiger partial charge in [0, 0.05) is 47.3 Å². The van der Waals surface area contributed by atoms with Crippen molar-refractivity contribution in [2.75, 3.05) is 18.4 Å². The summed E-state index contributed by atoms with van der Waals surface area (Å²) in [5.41, 5.74) is 7.87. The molecule has 5 heteroatoms. The van der Waals surface area contributed by atoms with Gasteiger partial charge in [0.05, 0.1) is 11.3 Å². The number of aryl methyl sites for hydroxylation is 1. The van der Waals surface area contributed by atoms with Gasteiger partial charge < -0.3 is 10.3 Å². The summed E-state index contributed by atoms with van der Waals surface area (Å²) in [5, 5.41) is 14.4. The van der Waals surface area contributed by atoms with Crippen molar-refractivity contribution in [1.82, 2.24) is 14.9 Å². The van der Waals surface area contributed by atoms with Gasteiger partial charge in [-0.1, -0.05) is 36.4 Å². The Bertz CT molecular complexity index is 1350. The molecule has 1 aliphatic rings. The van der Waals surface area contributed by atoms with Crippen LogP contribution in [0.25, 0.3) is 23.1 Å². The number of pyridine rings is 1. The Morgan fingerprint density at radius 1 is 1.12 bits per heavy atom. The summed E-state index contributed by atoms with van der Waals surface area (Å²) in [6.45, 7) is 5.47. The maximum atomic E-state index is 9.72. The lowest BCUT2D eigenvalue weighted by molar-refractivity contribution is 0.331. The normalized spacial score (nSPS) is 14.2. The van der Waals surface area contributed by atoms with E-state index in [2.05, 4.69) is 75.7 Å². The molecule has 0 bridgehead atoms. The Morgan fingerprint density at radius 2 is 2.00 bits per heavy atom. The SMILES string of the molecule is Cc1c(Nc2c(C#N)cncc2C=Cc2cccc(CN3CCCC3)c2)ccc2[nH]ccc12. The van der Waals surface area contributed by atoms with Crippen molar-refractivity contribution < 1.29 is 0 Å². The van der Waals surface area contributed by atoms with Crippen molar-refractivity contribution in [3.05, 3.63) is 88.9 Å². The molecule has 0 unspecified atom stereocenters. The van der Waals surface area contributed by atoms with Crippen LogP contribution in [0, 0.1) is 18.3 Å². The van der Waals surface area contributed by atoms with Gasteiger partial charge in [-0.3, -0.25) is 9.88 Å². The van der Waals surface area contributed by atoms with Gasteiger partial charge in [-0.2, -0.15) is 5.26 Å². The van der Waals surface area contributed by atoms with Crippen molar-refractivity contribution in [2.24, 2.45) is 0 Å². The second-order valence-electron chi connectivity index (χ2n) is 8.63. The number of H-pyrrole nitrogens is 1. The third-order valence-corrected chi connectivity index (χ3v) is 6.37. The third kappa shape index (κ3) is 4.52. The van der Waals surface area contributed by atoms with E-state index in [-0.39, 0.29) is 0 Å². The topological polar surface area (TPSA) is 67.7 Å². The van der Waals surface area contributed by atoms with Crippen LogP contribution in [0.15, 0.2) is 61.1 Å². The molecule has 0 aliphatic carbocycles. The van der Waals surface area contributed by atoms with Gasteiger partial charge in [0.1, 0.15) is 6.07 Å². The highest BCUT2D eigenvalue weighted by molar-refractivity contribution is 5.90. The highest BCUT2D eigenvalue weighted by atomic mass is 15.1. The first-order valence-electron chi connectivity index (χ1n) is 11.4. The molecule has 4 aromatic rings. The number of fused-ring (bicyclic) bond motifs is 1. The van der Waals surface area contributed by atoms with E-state index in [1.807, 2.05) is 18.3 Å². The van der Waals surface area contributed by atoms with Crippen LogP contribution in [0.5, 0.6) is 0 Å². The first kappa shape index (κ1) is 21.0. The smallest absolute Gasteiger partial charge is 0.103 e. The molecule has 5 rings (SSSR count). The number of hydrogen-bond donors (Lipinski definition) is 2. The molecule has 1 aliphatic heterocycles. The molecule has 1 saturated heterocycles. The molecule has 0 radical (unpaired) electrons. The molecule has 3 heterocycles. The Kier molecular flexibility index (Phi) is 5.93. The number of hydrogen-bond acceptors (Lipinski definition) is 4. The first-order valence-corrected chi connectivity index (χ1v) is 11.4. The van der Waals surface area contributed by atoms with Crippen LogP contribution in [0.1, 0.15) is 40.7 Å². The van der Waals surface area contributed by atoms with Crippen LogP contribution in [0.2, 0.25) is 0 Å². The summed E-state index contributed by atoms with van der Waals surface area (Å²) in [6.07, 6.45) is 12.1. The van der Waals surface area contributed by atoms with E-state index in [0.717, 1.165) is 40.1 Å². The summed E-state index contributed by atoms with van der Waals surface area (Å²) in [4.78, 5) is 10.1. The minimum absolute atomic E-state index is 0.522. The molecule has 2 aromatic carbocycles. The number of likely N-dealkylation sites (tertiary alicyclic amines) is 1. The first-order chi connectivity index (χ1) is 16.2. The maximum absolute atomic E-state index is 9.72. The molecule has 2 N–H and O–H groups in total. The van der Waals surface area contributed by atoms with Gasteiger partial charge in [-0.25, -0.2) is 0 Å². The lowest BCUT2D eigenvalue weighted by Gasteiger charge is -2.15. The summed E-state index contributed by atoms with van der Waals surface area (Å²) in [5.74, 6) is 0. The van der Waals surface area contributed by atoms with Crippen LogP contribution in [-0.2, 0) is 6.54 Å². The van der Waals surface area contributed by atoms with Crippen LogP contribution in [0.4, 0.5) is 11.4 Å². The van der Waals surface area contributed by atoms with Gasteiger partial charge in [0.2, 0.25) is 0 Å². The number of aromatic amines is 1. The van der Waals surface area contributed by atoms with E-state index in [4.69, 9.17) is 0 Å². The van der Waals surface area contributed by atoms with Crippen molar-refractivity contribution in [3.8, 4) is 6.07 Å².